The van der Waals surface area contributed by atoms with E-state index in [2.05, 4.69) is 5.10 Å². The summed E-state index contributed by atoms with van der Waals surface area (Å²) in [4.78, 5) is 0. The normalized spacial score (nSPS) is 10.6. The molecule has 94 valence electrons. The number of halogens is 1. The molecule has 4 heteroatoms. The van der Waals surface area contributed by atoms with E-state index in [0.29, 0.717) is 11.3 Å². The fraction of sp³-hybridized carbons (Fsp3) is 0. The van der Waals surface area contributed by atoms with Crippen LogP contribution in [-0.4, -0.2) is 9.78 Å². The Hall–Kier alpha value is -2.62. The van der Waals surface area contributed by atoms with Crippen molar-refractivity contribution in [2.45, 2.75) is 0 Å². The van der Waals surface area contributed by atoms with Gasteiger partial charge in [0, 0.05) is 11.3 Å². The van der Waals surface area contributed by atoms with Gasteiger partial charge in [-0.25, -0.2) is 9.07 Å². The van der Waals surface area contributed by atoms with Crippen LogP contribution in [0.15, 0.2) is 60.8 Å². The predicted molar refractivity (Wildman–Crippen MR) is 73.4 cm³/mol. The Balaban J connectivity index is 2.18. The maximum Gasteiger partial charge on any atom is 0.124 e. The fourth-order valence-corrected chi connectivity index (χ4v) is 2.03. The van der Waals surface area contributed by atoms with Gasteiger partial charge in [-0.2, -0.15) is 5.10 Å². The first-order valence-corrected chi connectivity index (χ1v) is 5.90. The van der Waals surface area contributed by atoms with Crippen LogP contribution in [-0.2, 0) is 0 Å². The molecule has 0 bridgehead atoms. The van der Waals surface area contributed by atoms with Crippen LogP contribution in [0.2, 0.25) is 0 Å². The van der Waals surface area contributed by atoms with E-state index in [4.69, 9.17) is 5.73 Å². The summed E-state index contributed by atoms with van der Waals surface area (Å²) in [5.41, 5.74) is 8.76. The molecule has 2 N–H and O–H groups in total. The molecule has 3 rings (SSSR count). The van der Waals surface area contributed by atoms with Gasteiger partial charge in [0.15, 0.2) is 0 Å². The summed E-state index contributed by atoms with van der Waals surface area (Å²) < 4.78 is 15.1. The summed E-state index contributed by atoms with van der Waals surface area (Å²) in [5.74, 6) is -0.315. The van der Waals surface area contributed by atoms with Crippen molar-refractivity contribution in [3.63, 3.8) is 0 Å². The number of nitrogens with zero attached hydrogens (tertiary/aromatic N) is 2. The third-order valence-corrected chi connectivity index (χ3v) is 2.93. The van der Waals surface area contributed by atoms with Gasteiger partial charge in [0.1, 0.15) is 5.82 Å². The van der Waals surface area contributed by atoms with Crippen molar-refractivity contribution < 1.29 is 4.39 Å². The van der Waals surface area contributed by atoms with Crippen LogP contribution in [0.5, 0.6) is 0 Å². The lowest BCUT2D eigenvalue weighted by molar-refractivity contribution is 0.628. The molecule has 3 nitrogen and oxygen atoms in total. The number of nitrogens with two attached hydrogens (primary N) is 1. The predicted octanol–water partition coefficient (Wildman–Crippen LogP) is 3.26. The highest BCUT2D eigenvalue weighted by Crippen LogP contribution is 2.28. The second kappa shape index (κ2) is 4.57. The zero-order valence-corrected chi connectivity index (χ0v) is 10.1. The zero-order valence-electron chi connectivity index (χ0n) is 10.1. The van der Waals surface area contributed by atoms with Gasteiger partial charge in [-0.1, -0.05) is 18.2 Å². The van der Waals surface area contributed by atoms with Gasteiger partial charge in [-0.3, -0.25) is 0 Å². The van der Waals surface area contributed by atoms with Crippen LogP contribution in [0, 0.1) is 5.82 Å². The van der Waals surface area contributed by atoms with Crippen molar-refractivity contribution in [2.24, 2.45) is 0 Å². The van der Waals surface area contributed by atoms with Crippen molar-refractivity contribution in [2.75, 3.05) is 5.73 Å². The Bertz CT molecular complexity index is 704. The van der Waals surface area contributed by atoms with Crippen LogP contribution < -0.4 is 5.73 Å². The molecule has 1 aromatic heterocycles. The number of para-hydroxylation sites is 1. The lowest BCUT2D eigenvalue weighted by Crippen LogP contribution is -2.00. The maximum absolute atomic E-state index is 13.4. The summed E-state index contributed by atoms with van der Waals surface area (Å²) >= 11 is 0. The topological polar surface area (TPSA) is 43.8 Å². The molecule has 0 amide bonds. The first-order valence-electron chi connectivity index (χ1n) is 5.90. The Labute approximate surface area is 110 Å². The molecular weight excluding hydrogens is 241 g/mol. The van der Waals surface area contributed by atoms with Crippen molar-refractivity contribution >= 4 is 5.69 Å². The van der Waals surface area contributed by atoms with Gasteiger partial charge >= 0.3 is 0 Å². The number of nitrogen functional groups attached to an aromatic ring is 1. The molecule has 0 radical (unpaired) electrons. The Morgan fingerprint density at radius 1 is 1.00 bits per heavy atom. The minimum absolute atomic E-state index is 0.315. The van der Waals surface area contributed by atoms with Gasteiger partial charge in [0.25, 0.3) is 0 Å². The first kappa shape index (κ1) is 11.5. The van der Waals surface area contributed by atoms with Gasteiger partial charge in [-0.05, 0) is 36.4 Å². The van der Waals surface area contributed by atoms with Crippen LogP contribution in [0.25, 0.3) is 16.9 Å². The highest BCUT2D eigenvalue weighted by atomic mass is 19.1. The molecule has 0 aliphatic carbocycles. The summed E-state index contributed by atoms with van der Waals surface area (Å²) in [6.07, 6.45) is 1.67. The van der Waals surface area contributed by atoms with Crippen LogP contribution in [0.4, 0.5) is 10.1 Å². The first-order chi connectivity index (χ1) is 9.25. The molecule has 0 spiro atoms. The number of aromatic nitrogens is 2. The monoisotopic (exact) mass is 253 g/mol. The molecule has 0 fully saturated rings. The molecule has 2 aromatic carbocycles. The number of rotatable bonds is 2. The Kier molecular flexibility index (Phi) is 2.76. The highest BCUT2D eigenvalue weighted by molar-refractivity contribution is 5.74. The third kappa shape index (κ3) is 2.08. The number of anilines is 1. The molecule has 3 aromatic rings. The summed E-state index contributed by atoms with van der Waals surface area (Å²) in [5, 5.41) is 4.27. The minimum atomic E-state index is -0.315. The standard InChI is InChI=1S/C15H12FN3/c16-11-6-7-14(17)13(10-11)15-8-9-18-19(15)12-4-2-1-3-5-12/h1-10H,17H2. The summed E-state index contributed by atoms with van der Waals surface area (Å²) in [6, 6.07) is 15.8. The second-order valence-electron chi connectivity index (χ2n) is 4.20. The van der Waals surface area contributed by atoms with Gasteiger partial charge in [-0.15, -0.1) is 0 Å². The Morgan fingerprint density at radius 3 is 2.58 bits per heavy atom. The fourth-order valence-electron chi connectivity index (χ4n) is 2.03. The molecule has 0 unspecified atom stereocenters. The van der Waals surface area contributed by atoms with Crippen molar-refractivity contribution in [1.29, 1.82) is 0 Å². The molecule has 0 aliphatic rings. The van der Waals surface area contributed by atoms with E-state index in [0.717, 1.165) is 11.4 Å². The van der Waals surface area contributed by atoms with Gasteiger partial charge < -0.3 is 5.73 Å². The van der Waals surface area contributed by atoms with E-state index in [1.165, 1.54) is 12.1 Å². The largest absolute Gasteiger partial charge is 0.398 e. The van der Waals surface area contributed by atoms with E-state index >= 15 is 0 Å². The maximum atomic E-state index is 13.4. The van der Waals surface area contributed by atoms with Crippen LogP contribution in [0.3, 0.4) is 0 Å². The number of benzene rings is 2. The molecule has 19 heavy (non-hydrogen) atoms. The van der Waals surface area contributed by atoms with E-state index < -0.39 is 0 Å². The van der Waals surface area contributed by atoms with Crippen LogP contribution >= 0.6 is 0 Å². The average Bonchev–Trinajstić information content (AvgIpc) is 2.91. The van der Waals surface area contributed by atoms with Crippen molar-refractivity contribution in [1.82, 2.24) is 9.78 Å². The van der Waals surface area contributed by atoms with E-state index in [1.54, 1.807) is 16.9 Å². The summed E-state index contributed by atoms with van der Waals surface area (Å²) in [7, 11) is 0. The van der Waals surface area contributed by atoms with Crippen molar-refractivity contribution in [3.05, 3.63) is 66.6 Å². The molecule has 0 atom stereocenters. The van der Waals surface area contributed by atoms with Gasteiger partial charge in [0.05, 0.1) is 17.6 Å². The smallest absolute Gasteiger partial charge is 0.124 e. The molecule has 1 heterocycles. The molecule has 0 saturated carbocycles. The van der Waals surface area contributed by atoms with E-state index in [9.17, 15) is 4.39 Å². The van der Waals surface area contributed by atoms with E-state index in [1.807, 2.05) is 36.4 Å². The quantitative estimate of drug-likeness (QED) is 0.712. The molecule has 0 aliphatic heterocycles. The number of hydrogen-bond acceptors (Lipinski definition) is 2. The minimum Gasteiger partial charge on any atom is -0.398 e. The lowest BCUT2D eigenvalue weighted by atomic mass is 10.1. The molecule has 0 saturated heterocycles. The average molecular weight is 253 g/mol. The zero-order chi connectivity index (χ0) is 13.2. The van der Waals surface area contributed by atoms with E-state index in [-0.39, 0.29) is 5.82 Å². The lowest BCUT2D eigenvalue weighted by Gasteiger charge is -2.09. The Morgan fingerprint density at radius 2 is 1.79 bits per heavy atom. The van der Waals surface area contributed by atoms with Gasteiger partial charge in [0.2, 0.25) is 0 Å². The second-order valence-corrected chi connectivity index (χ2v) is 4.20. The SMILES string of the molecule is Nc1ccc(F)cc1-c1ccnn1-c1ccccc1. The highest BCUT2D eigenvalue weighted by Gasteiger charge is 2.10. The number of hydrogen-bond donors (Lipinski definition) is 1. The molecular formula is C15H12FN3. The van der Waals surface area contributed by atoms with Crippen molar-refractivity contribution in [3.8, 4) is 16.9 Å². The third-order valence-electron chi connectivity index (χ3n) is 2.93. The summed E-state index contributed by atoms with van der Waals surface area (Å²) in [6.45, 7) is 0. The van der Waals surface area contributed by atoms with Crippen LogP contribution in [0.1, 0.15) is 0 Å².